The molecule has 102 valence electrons. The fraction of sp³-hybridized carbons (Fsp3) is 0.429. The summed E-state index contributed by atoms with van der Waals surface area (Å²) in [5, 5.41) is 0. The van der Waals surface area contributed by atoms with Crippen LogP contribution in [0.4, 0.5) is 5.69 Å². The Morgan fingerprint density at radius 3 is 2.79 bits per heavy atom. The molecule has 1 aromatic carbocycles. The van der Waals surface area contributed by atoms with Crippen molar-refractivity contribution in [2.75, 3.05) is 18.5 Å². The van der Waals surface area contributed by atoms with E-state index in [4.69, 9.17) is 10.5 Å². The fourth-order valence-corrected chi connectivity index (χ4v) is 2.11. The molecule has 0 fully saturated rings. The summed E-state index contributed by atoms with van der Waals surface area (Å²) in [6.07, 6.45) is 0.290. The number of hydrogen-bond donors (Lipinski definition) is 1. The van der Waals surface area contributed by atoms with E-state index in [1.165, 1.54) is 4.90 Å². The van der Waals surface area contributed by atoms with E-state index in [0.29, 0.717) is 23.4 Å². The zero-order valence-corrected chi connectivity index (χ0v) is 11.4. The number of Topliss-reactive ketones (excluding diaryl/α,β-unsaturated/α-hetero) is 1. The zero-order chi connectivity index (χ0) is 14.2. The Balaban J connectivity index is 2.51. The molecule has 0 bridgehead atoms. The Labute approximate surface area is 112 Å². The van der Waals surface area contributed by atoms with Crippen molar-refractivity contribution >= 4 is 17.4 Å². The number of ketones is 1. The summed E-state index contributed by atoms with van der Waals surface area (Å²) >= 11 is 0. The van der Waals surface area contributed by atoms with Gasteiger partial charge < -0.3 is 15.4 Å². The maximum Gasteiger partial charge on any atom is 0.230 e. The van der Waals surface area contributed by atoms with Crippen molar-refractivity contribution in [1.82, 2.24) is 0 Å². The number of nitrogens with two attached hydrogens (primary N) is 1. The summed E-state index contributed by atoms with van der Waals surface area (Å²) in [7, 11) is 1.68. The summed E-state index contributed by atoms with van der Waals surface area (Å²) in [5.41, 5.74) is 5.89. The second-order valence-electron chi connectivity index (χ2n) is 5.30. The minimum Gasteiger partial charge on any atom is -0.485 e. The average Bonchev–Trinajstić information content (AvgIpc) is 2.43. The van der Waals surface area contributed by atoms with Crippen molar-refractivity contribution in [3.63, 3.8) is 0 Å². The zero-order valence-electron chi connectivity index (χ0n) is 11.4. The van der Waals surface area contributed by atoms with Gasteiger partial charge in [-0.1, -0.05) is 0 Å². The molecule has 5 nitrogen and oxygen atoms in total. The number of fused-ring (bicyclic) bond motifs is 1. The van der Waals surface area contributed by atoms with E-state index in [0.717, 1.165) is 0 Å². The molecule has 0 radical (unpaired) electrons. The smallest absolute Gasteiger partial charge is 0.230 e. The van der Waals surface area contributed by atoms with Crippen LogP contribution in [0.15, 0.2) is 18.2 Å². The molecule has 2 rings (SSSR count). The average molecular weight is 262 g/mol. The standard InChI is InChI=1S/C14H18N2O3/c1-14(2)7-13(18)16(3)10-6-9(11(17)8-15)4-5-12(10)19-14/h4-6H,7-8,15H2,1-3H3. The SMILES string of the molecule is CN1C(=O)CC(C)(C)Oc2ccc(C(=O)CN)cc21. The minimum absolute atomic E-state index is 0.0407. The molecular formula is C14H18N2O3. The van der Waals surface area contributed by atoms with E-state index >= 15 is 0 Å². The van der Waals surface area contributed by atoms with Crippen LogP contribution in [-0.2, 0) is 4.79 Å². The molecule has 1 amide bonds. The number of amides is 1. The first-order valence-electron chi connectivity index (χ1n) is 6.17. The lowest BCUT2D eigenvalue weighted by Crippen LogP contribution is -2.34. The second-order valence-corrected chi connectivity index (χ2v) is 5.30. The summed E-state index contributed by atoms with van der Waals surface area (Å²) in [4.78, 5) is 25.2. The van der Waals surface area contributed by atoms with Crippen molar-refractivity contribution in [3.8, 4) is 5.75 Å². The number of nitrogens with zero attached hydrogens (tertiary/aromatic N) is 1. The normalized spacial score (nSPS) is 17.5. The molecule has 0 unspecified atom stereocenters. The van der Waals surface area contributed by atoms with E-state index in [1.54, 1.807) is 25.2 Å². The molecule has 1 heterocycles. The van der Waals surface area contributed by atoms with E-state index in [1.807, 2.05) is 13.8 Å². The van der Waals surface area contributed by atoms with Crippen LogP contribution in [0.5, 0.6) is 5.75 Å². The largest absolute Gasteiger partial charge is 0.485 e. The van der Waals surface area contributed by atoms with E-state index in [9.17, 15) is 9.59 Å². The molecule has 0 aliphatic carbocycles. The van der Waals surface area contributed by atoms with Gasteiger partial charge in [-0.25, -0.2) is 0 Å². The number of hydrogen-bond acceptors (Lipinski definition) is 4. The highest BCUT2D eigenvalue weighted by molar-refractivity contribution is 6.01. The van der Waals surface area contributed by atoms with Gasteiger partial charge in [-0.15, -0.1) is 0 Å². The predicted molar refractivity (Wildman–Crippen MR) is 72.6 cm³/mol. The highest BCUT2D eigenvalue weighted by Crippen LogP contribution is 2.36. The molecule has 0 atom stereocenters. The van der Waals surface area contributed by atoms with Crippen molar-refractivity contribution in [2.24, 2.45) is 5.73 Å². The Morgan fingerprint density at radius 2 is 2.16 bits per heavy atom. The molecule has 0 saturated carbocycles. The van der Waals surface area contributed by atoms with Crippen LogP contribution in [0, 0.1) is 0 Å². The molecule has 0 saturated heterocycles. The van der Waals surface area contributed by atoms with Gasteiger partial charge in [0, 0.05) is 12.6 Å². The molecule has 2 N–H and O–H groups in total. The van der Waals surface area contributed by atoms with Crippen LogP contribution in [0.2, 0.25) is 0 Å². The summed E-state index contributed by atoms with van der Waals surface area (Å²) in [5.74, 6) is 0.403. The number of ether oxygens (including phenoxy) is 1. The Bertz CT molecular complexity index is 537. The number of carbonyl (C=O) groups excluding carboxylic acids is 2. The van der Waals surface area contributed by atoms with Crippen LogP contribution in [-0.4, -0.2) is 30.9 Å². The summed E-state index contributed by atoms with van der Waals surface area (Å²) in [6, 6.07) is 5.05. The molecular weight excluding hydrogens is 244 g/mol. The van der Waals surface area contributed by atoms with Crippen LogP contribution in [0.1, 0.15) is 30.6 Å². The van der Waals surface area contributed by atoms with Gasteiger partial charge in [0.1, 0.15) is 11.4 Å². The topological polar surface area (TPSA) is 72.6 Å². The lowest BCUT2D eigenvalue weighted by atomic mass is 10.1. The number of rotatable bonds is 2. The number of benzene rings is 1. The van der Waals surface area contributed by atoms with Crippen molar-refractivity contribution in [3.05, 3.63) is 23.8 Å². The van der Waals surface area contributed by atoms with Crippen LogP contribution in [0.3, 0.4) is 0 Å². The first kappa shape index (κ1) is 13.5. The minimum atomic E-state index is -0.560. The third kappa shape index (κ3) is 2.61. The highest BCUT2D eigenvalue weighted by Gasteiger charge is 2.32. The molecule has 1 aliphatic rings. The molecule has 19 heavy (non-hydrogen) atoms. The Kier molecular flexibility index (Phi) is 3.32. The van der Waals surface area contributed by atoms with E-state index in [2.05, 4.69) is 0 Å². The lowest BCUT2D eigenvalue weighted by Gasteiger charge is -2.23. The number of anilines is 1. The van der Waals surface area contributed by atoms with Crippen molar-refractivity contribution in [2.45, 2.75) is 25.9 Å². The summed E-state index contributed by atoms with van der Waals surface area (Å²) in [6.45, 7) is 3.68. The van der Waals surface area contributed by atoms with Gasteiger partial charge in [0.15, 0.2) is 5.78 Å². The monoisotopic (exact) mass is 262 g/mol. The maximum absolute atomic E-state index is 12.1. The van der Waals surface area contributed by atoms with Crippen molar-refractivity contribution in [1.29, 1.82) is 0 Å². The predicted octanol–water partition coefficient (Wildman–Crippen LogP) is 1.35. The van der Waals surface area contributed by atoms with Crippen molar-refractivity contribution < 1.29 is 14.3 Å². The maximum atomic E-state index is 12.1. The van der Waals surface area contributed by atoms with Gasteiger partial charge in [-0.2, -0.15) is 0 Å². The second kappa shape index (κ2) is 4.66. The molecule has 1 aliphatic heterocycles. The third-order valence-electron chi connectivity index (χ3n) is 3.16. The van der Waals surface area contributed by atoms with Crippen LogP contribution < -0.4 is 15.4 Å². The van der Waals surface area contributed by atoms with E-state index < -0.39 is 5.60 Å². The number of carbonyl (C=O) groups is 2. The molecule has 0 spiro atoms. The van der Waals surface area contributed by atoms with Gasteiger partial charge in [-0.3, -0.25) is 9.59 Å². The quantitative estimate of drug-likeness (QED) is 0.817. The van der Waals surface area contributed by atoms with E-state index in [-0.39, 0.29) is 18.2 Å². The Hall–Kier alpha value is -1.88. The highest BCUT2D eigenvalue weighted by atomic mass is 16.5. The van der Waals surface area contributed by atoms with Gasteiger partial charge >= 0.3 is 0 Å². The third-order valence-corrected chi connectivity index (χ3v) is 3.16. The molecule has 1 aromatic rings. The molecule has 0 aromatic heterocycles. The van der Waals surface area contributed by atoms with Gasteiger partial charge in [-0.05, 0) is 32.0 Å². The Morgan fingerprint density at radius 1 is 1.47 bits per heavy atom. The first-order chi connectivity index (χ1) is 8.84. The molecule has 5 heteroatoms. The summed E-state index contributed by atoms with van der Waals surface area (Å²) < 4.78 is 5.85. The van der Waals surface area contributed by atoms with Gasteiger partial charge in [0.25, 0.3) is 0 Å². The van der Waals surface area contributed by atoms with Gasteiger partial charge in [0.05, 0.1) is 18.7 Å². The fourth-order valence-electron chi connectivity index (χ4n) is 2.11. The van der Waals surface area contributed by atoms with Gasteiger partial charge in [0.2, 0.25) is 5.91 Å². The lowest BCUT2D eigenvalue weighted by molar-refractivity contribution is -0.120. The van der Waals surface area contributed by atoms with Crippen LogP contribution >= 0.6 is 0 Å². The first-order valence-corrected chi connectivity index (χ1v) is 6.17. The van der Waals surface area contributed by atoms with Crippen LogP contribution in [0.25, 0.3) is 0 Å².